The smallest absolute Gasteiger partial charge is 0.187 e. The summed E-state index contributed by atoms with van der Waals surface area (Å²) in [5.74, 6) is 2.20. The van der Waals surface area contributed by atoms with Crippen LogP contribution in [-0.4, -0.2) is 34.4 Å². The van der Waals surface area contributed by atoms with Gasteiger partial charge in [0.1, 0.15) is 28.2 Å². The maximum Gasteiger partial charge on any atom is 0.187 e. The van der Waals surface area contributed by atoms with Gasteiger partial charge in [0, 0.05) is 18.2 Å². The van der Waals surface area contributed by atoms with Crippen LogP contribution in [0.2, 0.25) is 0 Å². The molecule has 2 aromatic heterocycles. The third-order valence-corrected chi connectivity index (χ3v) is 3.82. The van der Waals surface area contributed by atoms with Gasteiger partial charge in [-0.05, 0) is 28.1 Å². The monoisotopic (exact) mass is 363 g/mol. The van der Waals surface area contributed by atoms with Crippen molar-refractivity contribution in [3.05, 3.63) is 34.7 Å². The third kappa shape index (κ3) is 2.69. The molecule has 114 valence electrons. The van der Waals surface area contributed by atoms with Crippen LogP contribution in [0.15, 0.2) is 29.1 Å². The number of ether oxygens (including phenoxy) is 2. The highest BCUT2D eigenvalue weighted by Crippen LogP contribution is 2.28. The molecule has 0 saturated carbocycles. The molecule has 22 heavy (non-hydrogen) atoms. The number of benzene rings is 1. The van der Waals surface area contributed by atoms with Gasteiger partial charge in [-0.15, -0.1) is 0 Å². The van der Waals surface area contributed by atoms with Crippen molar-refractivity contribution in [2.24, 2.45) is 0 Å². The van der Waals surface area contributed by atoms with Crippen molar-refractivity contribution in [1.82, 2.24) is 20.2 Å². The van der Waals surface area contributed by atoms with Crippen molar-refractivity contribution in [3.8, 4) is 11.5 Å². The summed E-state index contributed by atoms with van der Waals surface area (Å²) in [5.41, 5.74) is 1.60. The summed E-state index contributed by atoms with van der Waals surface area (Å²) in [6.07, 6.45) is 1.48. The van der Waals surface area contributed by atoms with Crippen LogP contribution in [0.3, 0.4) is 0 Å². The summed E-state index contributed by atoms with van der Waals surface area (Å²) < 4.78 is 11.3. The van der Waals surface area contributed by atoms with Crippen molar-refractivity contribution < 1.29 is 9.47 Å². The maximum atomic E-state index is 5.39. The zero-order chi connectivity index (χ0) is 15.5. The summed E-state index contributed by atoms with van der Waals surface area (Å²) in [7, 11) is 3.26. The average Bonchev–Trinajstić information content (AvgIpc) is 2.94. The Labute approximate surface area is 135 Å². The molecular weight excluding hydrogens is 350 g/mol. The molecule has 0 aliphatic carbocycles. The molecule has 0 atom stereocenters. The topological polar surface area (TPSA) is 85.0 Å². The molecule has 3 aromatic rings. The Hall–Kier alpha value is -2.35. The largest absolute Gasteiger partial charge is 0.497 e. The van der Waals surface area contributed by atoms with Gasteiger partial charge in [-0.3, -0.25) is 5.10 Å². The highest BCUT2D eigenvalue weighted by atomic mass is 79.9. The van der Waals surface area contributed by atoms with E-state index in [0.717, 1.165) is 27.1 Å². The number of hydrogen-bond donors (Lipinski definition) is 2. The Morgan fingerprint density at radius 3 is 2.86 bits per heavy atom. The summed E-state index contributed by atoms with van der Waals surface area (Å²) in [4.78, 5) is 8.38. The van der Waals surface area contributed by atoms with E-state index in [1.54, 1.807) is 14.2 Å². The Kier molecular flexibility index (Phi) is 4.10. The molecule has 0 radical (unpaired) electrons. The van der Waals surface area contributed by atoms with Crippen molar-refractivity contribution in [2.75, 3.05) is 19.5 Å². The van der Waals surface area contributed by atoms with Crippen molar-refractivity contribution >= 4 is 32.8 Å². The standard InChI is InChI=1S/C14H14BrN5O2/c1-21-9-4-3-8(10(5-9)22-2)6-16-13-11-12(15)19-20-14(11)18-7-17-13/h3-5,7H,6H2,1-2H3,(H2,16,17,18,19,20). The minimum Gasteiger partial charge on any atom is -0.497 e. The molecule has 1 aromatic carbocycles. The number of aromatic amines is 1. The fourth-order valence-corrected chi connectivity index (χ4v) is 2.59. The number of halogens is 1. The highest BCUT2D eigenvalue weighted by Gasteiger charge is 2.11. The van der Waals surface area contributed by atoms with Gasteiger partial charge in [-0.25, -0.2) is 9.97 Å². The lowest BCUT2D eigenvalue weighted by Crippen LogP contribution is -2.04. The lowest BCUT2D eigenvalue weighted by molar-refractivity contribution is 0.391. The van der Waals surface area contributed by atoms with Crippen molar-refractivity contribution in [3.63, 3.8) is 0 Å². The quantitative estimate of drug-likeness (QED) is 0.724. The van der Waals surface area contributed by atoms with E-state index in [-0.39, 0.29) is 0 Å². The van der Waals surface area contributed by atoms with Gasteiger partial charge < -0.3 is 14.8 Å². The molecule has 0 saturated heterocycles. The van der Waals surface area contributed by atoms with Crippen LogP contribution in [-0.2, 0) is 6.54 Å². The van der Waals surface area contributed by atoms with E-state index in [9.17, 15) is 0 Å². The second-order valence-corrected chi connectivity index (χ2v) is 5.28. The molecule has 8 heteroatoms. The zero-order valence-corrected chi connectivity index (χ0v) is 13.6. The van der Waals surface area contributed by atoms with E-state index >= 15 is 0 Å². The van der Waals surface area contributed by atoms with Gasteiger partial charge in [0.05, 0.1) is 19.6 Å². The molecular formula is C14H14BrN5O2. The molecule has 0 fully saturated rings. The van der Waals surface area contributed by atoms with E-state index in [1.807, 2.05) is 18.2 Å². The SMILES string of the molecule is COc1ccc(CNc2ncnc3n[nH]c(Br)c23)c(OC)c1. The predicted octanol–water partition coefficient (Wildman–Crippen LogP) is 2.74. The van der Waals surface area contributed by atoms with Crippen LogP contribution < -0.4 is 14.8 Å². The average molecular weight is 364 g/mol. The Balaban J connectivity index is 1.87. The fourth-order valence-electron chi connectivity index (χ4n) is 2.13. The Morgan fingerprint density at radius 1 is 1.23 bits per heavy atom. The lowest BCUT2D eigenvalue weighted by Gasteiger charge is -2.12. The van der Waals surface area contributed by atoms with Gasteiger partial charge in [0.25, 0.3) is 0 Å². The second kappa shape index (κ2) is 6.18. The van der Waals surface area contributed by atoms with Gasteiger partial charge in [0.2, 0.25) is 0 Å². The number of nitrogens with zero attached hydrogens (tertiary/aromatic N) is 3. The summed E-state index contributed by atoms with van der Waals surface area (Å²) >= 11 is 3.41. The lowest BCUT2D eigenvalue weighted by atomic mass is 10.2. The fraction of sp³-hybridized carbons (Fsp3) is 0.214. The molecule has 3 rings (SSSR count). The molecule has 2 heterocycles. The van der Waals surface area contributed by atoms with Gasteiger partial charge in [-0.1, -0.05) is 0 Å². The minimum atomic E-state index is 0.552. The molecule has 0 bridgehead atoms. The maximum absolute atomic E-state index is 5.39. The first-order valence-electron chi connectivity index (χ1n) is 6.52. The summed E-state index contributed by atoms with van der Waals surface area (Å²) in [6.45, 7) is 0.552. The van der Waals surface area contributed by atoms with Crippen LogP contribution in [0.4, 0.5) is 5.82 Å². The zero-order valence-electron chi connectivity index (χ0n) is 12.1. The van der Waals surface area contributed by atoms with Crippen LogP contribution in [0.5, 0.6) is 11.5 Å². The van der Waals surface area contributed by atoms with E-state index < -0.39 is 0 Å². The summed E-state index contributed by atoms with van der Waals surface area (Å²) in [6, 6.07) is 5.69. The van der Waals surface area contributed by atoms with Gasteiger partial charge in [-0.2, -0.15) is 5.10 Å². The van der Waals surface area contributed by atoms with Gasteiger partial charge >= 0.3 is 0 Å². The molecule has 0 spiro atoms. The Morgan fingerprint density at radius 2 is 2.09 bits per heavy atom. The first-order valence-corrected chi connectivity index (χ1v) is 7.31. The van der Waals surface area contributed by atoms with Crippen LogP contribution in [0.1, 0.15) is 5.56 Å². The number of fused-ring (bicyclic) bond motifs is 1. The Bertz CT molecular complexity index is 805. The molecule has 7 nitrogen and oxygen atoms in total. The normalized spacial score (nSPS) is 10.7. The number of rotatable bonds is 5. The first kappa shape index (κ1) is 14.6. The molecule has 0 amide bonds. The van der Waals surface area contributed by atoms with Crippen molar-refractivity contribution in [1.29, 1.82) is 0 Å². The van der Waals surface area contributed by atoms with Gasteiger partial charge in [0.15, 0.2) is 5.65 Å². The second-order valence-electron chi connectivity index (χ2n) is 4.49. The number of H-pyrrole nitrogens is 1. The molecule has 2 N–H and O–H groups in total. The predicted molar refractivity (Wildman–Crippen MR) is 86.3 cm³/mol. The number of hydrogen-bond acceptors (Lipinski definition) is 6. The number of nitrogens with one attached hydrogen (secondary N) is 2. The molecule has 0 aliphatic heterocycles. The van der Waals surface area contributed by atoms with Crippen LogP contribution in [0.25, 0.3) is 11.0 Å². The van der Waals surface area contributed by atoms with Crippen LogP contribution >= 0.6 is 15.9 Å². The van der Waals surface area contributed by atoms with E-state index in [1.165, 1.54) is 6.33 Å². The number of methoxy groups -OCH3 is 2. The molecule has 0 unspecified atom stereocenters. The third-order valence-electron chi connectivity index (χ3n) is 3.25. The minimum absolute atomic E-state index is 0.552. The van der Waals surface area contributed by atoms with E-state index in [0.29, 0.717) is 18.0 Å². The van der Waals surface area contributed by atoms with Crippen molar-refractivity contribution in [2.45, 2.75) is 6.54 Å². The highest BCUT2D eigenvalue weighted by molar-refractivity contribution is 9.10. The van der Waals surface area contributed by atoms with E-state index in [4.69, 9.17) is 9.47 Å². The summed E-state index contributed by atoms with van der Waals surface area (Å²) in [5, 5.41) is 11.0. The number of aromatic nitrogens is 4. The van der Waals surface area contributed by atoms with Crippen LogP contribution in [0, 0.1) is 0 Å². The first-order chi connectivity index (χ1) is 10.7. The van der Waals surface area contributed by atoms with E-state index in [2.05, 4.69) is 41.4 Å². The molecule has 0 aliphatic rings. The number of anilines is 1.